The van der Waals surface area contributed by atoms with Gasteiger partial charge in [0.15, 0.2) is 5.78 Å². The van der Waals surface area contributed by atoms with Crippen LogP contribution in [-0.2, 0) is 0 Å². The minimum absolute atomic E-state index is 0.000185. The van der Waals surface area contributed by atoms with Gasteiger partial charge in [-0.2, -0.15) is 0 Å². The standard InChI is InChI=1S/C17H17ClOS/c1-10(2)15(13-8-9-20-12(13)4)17(19)14-7-5-6-11(3)16(14)18/h5-9H,1-4H3. The molecular formula is C17H17ClOS. The normalized spacial score (nSPS) is 10.4. The average Bonchev–Trinajstić information content (AvgIpc) is 2.79. The van der Waals surface area contributed by atoms with Crippen LogP contribution in [0.1, 0.15) is 40.2 Å². The first-order chi connectivity index (χ1) is 9.43. The van der Waals surface area contributed by atoms with Crippen molar-refractivity contribution in [2.24, 2.45) is 0 Å². The van der Waals surface area contributed by atoms with Gasteiger partial charge in [-0.25, -0.2) is 0 Å². The van der Waals surface area contributed by atoms with E-state index in [1.165, 1.54) is 0 Å². The lowest BCUT2D eigenvalue weighted by Crippen LogP contribution is -2.06. The summed E-state index contributed by atoms with van der Waals surface area (Å²) in [6.07, 6.45) is 0. The van der Waals surface area contributed by atoms with Crippen LogP contribution in [0.4, 0.5) is 0 Å². The monoisotopic (exact) mass is 304 g/mol. The molecule has 104 valence electrons. The van der Waals surface area contributed by atoms with Crippen LogP contribution < -0.4 is 0 Å². The molecule has 0 fully saturated rings. The SMILES string of the molecule is CC(C)=C(C(=O)c1cccc(C)c1Cl)c1ccsc1C. The molecular weight excluding hydrogens is 288 g/mol. The number of allylic oxidation sites excluding steroid dienone is 2. The van der Waals surface area contributed by atoms with Crippen LogP contribution in [0.2, 0.25) is 5.02 Å². The Labute approximate surface area is 128 Å². The number of Topliss-reactive ketones (excluding diaryl/α,β-unsaturated/α-hetero) is 1. The molecule has 2 aromatic rings. The van der Waals surface area contributed by atoms with E-state index in [4.69, 9.17) is 11.6 Å². The molecule has 0 saturated carbocycles. The molecule has 0 aliphatic rings. The van der Waals surface area contributed by atoms with Gasteiger partial charge in [-0.15, -0.1) is 11.3 Å². The van der Waals surface area contributed by atoms with Crippen molar-refractivity contribution < 1.29 is 4.79 Å². The lowest BCUT2D eigenvalue weighted by molar-refractivity contribution is 0.105. The number of carbonyl (C=O) groups excluding carboxylic acids is 1. The number of aryl methyl sites for hydroxylation is 2. The first kappa shape index (κ1) is 15.0. The maximum atomic E-state index is 12.9. The number of rotatable bonds is 3. The van der Waals surface area contributed by atoms with E-state index in [0.717, 1.165) is 27.2 Å². The zero-order chi connectivity index (χ0) is 14.9. The number of ketones is 1. The summed E-state index contributed by atoms with van der Waals surface area (Å²) >= 11 is 7.95. The number of halogens is 1. The largest absolute Gasteiger partial charge is 0.289 e. The van der Waals surface area contributed by atoms with Crippen LogP contribution >= 0.6 is 22.9 Å². The summed E-state index contributed by atoms with van der Waals surface area (Å²) < 4.78 is 0. The van der Waals surface area contributed by atoms with E-state index in [9.17, 15) is 4.79 Å². The zero-order valence-corrected chi connectivity index (χ0v) is 13.7. The van der Waals surface area contributed by atoms with Gasteiger partial charge in [-0.1, -0.05) is 29.3 Å². The summed E-state index contributed by atoms with van der Waals surface area (Å²) in [6.45, 7) is 7.88. The molecule has 3 heteroatoms. The zero-order valence-electron chi connectivity index (χ0n) is 12.1. The first-order valence-electron chi connectivity index (χ1n) is 6.45. The van der Waals surface area contributed by atoms with E-state index in [1.54, 1.807) is 17.4 Å². The Balaban J connectivity index is 2.58. The number of carbonyl (C=O) groups is 1. The van der Waals surface area contributed by atoms with Gasteiger partial charge in [0, 0.05) is 16.0 Å². The Morgan fingerprint density at radius 2 is 1.80 bits per heavy atom. The van der Waals surface area contributed by atoms with Gasteiger partial charge in [0.1, 0.15) is 0 Å². The minimum atomic E-state index is 0.000185. The quantitative estimate of drug-likeness (QED) is 0.525. The van der Waals surface area contributed by atoms with Gasteiger partial charge in [0.2, 0.25) is 0 Å². The van der Waals surface area contributed by atoms with Gasteiger partial charge >= 0.3 is 0 Å². The second-order valence-corrected chi connectivity index (χ2v) is 6.53. The lowest BCUT2D eigenvalue weighted by atomic mass is 9.93. The Morgan fingerprint density at radius 3 is 2.35 bits per heavy atom. The lowest BCUT2D eigenvalue weighted by Gasteiger charge is -2.11. The number of benzene rings is 1. The van der Waals surface area contributed by atoms with Gasteiger partial charge in [-0.3, -0.25) is 4.79 Å². The maximum Gasteiger partial charge on any atom is 0.195 e. The van der Waals surface area contributed by atoms with Gasteiger partial charge in [0.05, 0.1) is 5.02 Å². The van der Waals surface area contributed by atoms with Crippen molar-refractivity contribution >= 4 is 34.3 Å². The molecule has 1 nitrogen and oxygen atoms in total. The molecule has 1 aromatic carbocycles. The van der Waals surface area contributed by atoms with E-state index in [2.05, 4.69) is 0 Å². The van der Waals surface area contributed by atoms with Crippen molar-refractivity contribution in [3.05, 3.63) is 61.8 Å². The van der Waals surface area contributed by atoms with Crippen LogP contribution in [0.3, 0.4) is 0 Å². The third-order valence-corrected chi connectivity index (χ3v) is 4.64. The number of hydrogen-bond acceptors (Lipinski definition) is 2. The third kappa shape index (κ3) is 2.72. The molecule has 1 heterocycles. The molecule has 0 radical (unpaired) electrons. The summed E-state index contributed by atoms with van der Waals surface area (Å²) in [5, 5.41) is 2.56. The van der Waals surface area contributed by atoms with Crippen molar-refractivity contribution in [2.75, 3.05) is 0 Å². The average molecular weight is 305 g/mol. The molecule has 1 aromatic heterocycles. The van der Waals surface area contributed by atoms with Gasteiger partial charge in [0.25, 0.3) is 0 Å². The molecule has 0 N–H and O–H groups in total. The van der Waals surface area contributed by atoms with E-state index in [1.807, 2.05) is 51.3 Å². The highest BCUT2D eigenvalue weighted by molar-refractivity contribution is 7.10. The molecule has 0 bridgehead atoms. The minimum Gasteiger partial charge on any atom is -0.289 e. The molecule has 0 spiro atoms. The maximum absolute atomic E-state index is 12.9. The van der Waals surface area contributed by atoms with Crippen molar-refractivity contribution in [3.8, 4) is 0 Å². The molecule has 0 aliphatic carbocycles. The third-order valence-electron chi connectivity index (χ3n) is 3.29. The van der Waals surface area contributed by atoms with Crippen LogP contribution in [-0.4, -0.2) is 5.78 Å². The van der Waals surface area contributed by atoms with E-state index < -0.39 is 0 Å². The fourth-order valence-corrected chi connectivity index (χ4v) is 3.14. The van der Waals surface area contributed by atoms with E-state index >= 15 is 0 Å². The summed E-state index contributed by atoms with van der Waals surface area (Å²) in [6, 6.07) is 7.58. The highest BCUT2D eigenvalue weighted by Gasteiger charge is 2.20. The summed E-state index contributed by atoms with van der Waals surface area (Å²) in [4.78, 5) is 14.0. The van der Waals surface area contributed by atoms with E-state index in [0.29, 0.717) is 10.6 Å². The second kappa shape index (κ2) is 5.94. The van der Waals surface area contributed by atoms with E-state index in [-0.39, 0.29) is 5.78 Å². The molecule has 0 aliphatic heterocycles. The Morgan fingerprint density at radius 1 is 1.10 bits per heavy atom. The molecule has 20 heavy (non-hydrogen) atoms. The second-order valence-electron chi connectivity index (χ2n) is 5.03. The topological polar surface area (TPSA) is 17.1 Å². The van der Waals surface area contributed by atoms with Crippen LogP contribution in [0.5, 0.6) is 0 Å². The Hall–Kier alpha value is -1.38. The van der Waals surface area contributed by atoms with Crippen LogP contribution in [0, 0.1) is 13.8 Å². The number of thiophene rings is 1. The van der Waals surface area contributed by atoms with Crippen LogP contribution in [0.25, 0.3) is 5.57 Å². The Bertz CT molecular complexity index is 691. The van der Waals surface area contributed by atoms with Crippen molar-refractivity contribution in [1.29, 1.82) is 0 Å². The highest BCUT2D eigenvalue weighted by Crippen LogP contribution is 2.32. The van der Waals surface area contributed by atoms with Gasteiger partial charge in [-0.05, 0) is 56.3 Å². The highest BCUT2D eigenvalue weighted by atomic mass is 35.5. The summed E-state index contributed by atoms with van der Waals surface area (Å²) in [7, 11) is 0. The fraction of sp³-hybridized carbons (Fsp3) is 0.235. The molecule has 0 unspecified atom stereocenters. The van der Waals surface area contributed by atoms with Crippen molar-refractivity contribution in [1.82, 2.24) is 0 Å². The molecule has 0 atom stereocenters. The smallest absolute Gasteiger partial charge is 0.195 e. The summed E-state index contributed by atoms with van der Waals surface area (Å²) in [5.74, 6) is 0.000185. The van der Waals surface area contributed by atoms with Crippen LogP contribution in [0.15, 0.2) is 35.2 Å². The molecule has 2 rings (SSSR count). The predicted octanol–water partition coefficient (Wildman–Crippen LogP) is 5.69. The number of hydrogen-bond donors (Lipinski definition) is 0. The van der Waals surface area contributed by atoms with Gasteiger partial charge < -0.3 is 0 Å². The predicted molar refractivity (Wildman–Crippen MR) is 87.8 cm³/mol. The summed E-state index contributed by atoms with van der Waals surface area (Å²) in [5.41, 5.74) is 4.28. The Kier molecular flexibility index (Phi) is 4.46. The molecule has 0 amide bonds. The molecule has 0 saturated heterocycles. The van der Waals surface area contributed by atoms with Crippen molar-refractivity contribution in [2.45, 2.75) is 27.7 Å². The van der Waals surface area contributed by atoms with Crippen molar-refractivity contribution in [3.63, 3.8) is 0 Å². The fourth-order valence-electron chi connectivity index (χ4n) is 2.22. The first-order valence-corrected chi connectivity index (χ1v) is 7.71.